The Morgan fingerprint density at radius 2 is 1.55 bits per heavy atom. The van der Waals surface area contributed by atoms with Crippen LogP contribution >= 0.6 is 23.6 Å². The molecule has 4 atom stereocenters. The summed E-state index contributed by atoms with van der Waals surface area (Å²) in [5, 5.41) is 26.0. The quantitative estimate of drug-likeness (QED) is 0.0970. The van der Waals surface area contributed by atoms with E-state index in [2.05, 4.69) is 32.4 Å². The fraction of sp³-hybridized carbons (Fsp3) is 0.370. The first-order chi connectivity index (χ1) is 35.0. The molecule has 0 saturated carbocycles. The molecule has 0 unspecified atom stereocenters. The molecule has 3 saturated heterocycles. The summed E-state index contributed by atoms with van der Waals surface area (Å²) >= 11 is 7.23. The highest BCUT2D eigenvalue weighted by molar-refractivity contribution is 7.81. The number of thiocarbonyl (C=S) groups is 1. The first kappa shape index (κ1) is 52.9. The number of thiazole rings is 1. The number of halogens is 3. The van der Waals surface area contributed by atoms with Crippen molar-refractivity contribution in [1.29, 1.82) is 5.26 Å². The van der Waals surface area contributed by atoms with Crippen molar-refractivity contribution in [2.75, 3.05) is 47.4 Å². The Kier molecular flexibility index (Phi) is 14.9. The smallest absolute Gasteiger partial charge is 0.391 e. The molecule has 0 radical (unpaired) electrons. The maximum Gasteiger partial charge on any atom is 0.417 e. The zero-order valence-electron chi connectivity index (χ0n) is 41.8. The second-order valence-electron chi connectivity index (χ2n) is 20.1. The van der Waals surface area contributed by atoms with Gasteiger partial charge < -0.3 is 35.3 Å². The van der Waals surface area contributed by atoms with Gasteiger partial charge in [0.05, 0.1) is 51.1 Å². The summed E-state index contributed by atoms with van der Waals surface area (Å²) in [7, 11) is 0. The number of aryl methyl sites for hydroxylation is 1. The molecule has 0 bridgehead atoms. The van der Waals surface area contributed by atoms with E-state index in [4.69, 9.17) is 12.2 Å². The molecule has 384 valence electrons. The Balaban J connectivity index is 0.848. The first-order valence-electron chi connectivity index (χ1n) is 23.9. The number of aromatic nitrogens is 2. The second kappa shape index (κ2) is 20.9. The molecule has 20 heteroatoms. The highest BCUT2D eigenvalue weighted by Crippen LogP contribution is 2.40. The van der Waals surface area contributed by atoms with Gasteiger partial charge in [0, 0.05) is 62.2 Å². The Labute approximate surface area is 437 Å². The van der Waals surface area contributed by atoms with Crippen LogP contribution in [0.2, 0.25) is 0 Å². The van der Waals surface area contributed by atoms with Crippen molar-refractivity contribution in [1.82, 2.24) is 30.4 Å². The number of hydrogen-bond acceptors (Lipinski definition) is 11. The number of hydrogen-bond donors (Lipinski definition) is 3. The van der Waals surface area contributed by atoms with Crippen molar-refractivity contribution < 1.29 is 37.5 Å². The topological polar surface area (TPSA) is 178 Å². The number of aliphatic hydroxyl groups excluding tert-OH is 1. The van der Waals surface area contributed by atoms with E-state index >= 15 is 0 Å². The number of nitriles is 1. The van der Waals surface area contributed by atoms with Gasteiger partial charge >= 0.3 is 12.2 Å². The Hall–Kier alpha value is -7.39. The molecule has 5 heterocycles. The number of carbonyl (C=O) groups excluding carboxylic acids is 4. The van der Waals surface area contributed by atoms with Gasteiger partial charge in [-0.05, 0) is 111 Å². The number of pyridine rings is 1. The van der Waals surface area contributed by atoms with Gasteiger partial charge in [-0.1, -0.05) is 56.9 Å². The molecular weight excluding hydrogens is 990 g/mol. The van der Waals surface area contributed by atoms with Gasteiger partial charge in [0.25, 0.3) is 5.91 Å². The minimum absolute atomic E-state index is 0.0158. The molecule has 8 rings (SSSR count). The maximum absolute atomic E-state index is 14.3. The summed E-state index contributed by atoms with van der Waals surface area (Å²) in [6.45, 7) is 14.2. The summed E-state index contributed by atoms with van der Waals surface area (Å²) < 4.78 is 41.4. The number of benzene rings is 3. The van der Waals surface area contributed by atoms with Crippen LogP contribution in [0.3, 0.4) is 0 Å². The van der Waals surface area contributed by atoms with Crippen LogP contribution in [0.15, 0.2) is 90.6 Å². The number of carbonyl (C=O) groups is 4. The number of β-amino-alcohol motifs (C(OH)–C–C–N with tert-alkyl or cyclic N) is 1. The van der Waals surface area contributed by atoms with E-state index in [-0.39, 0.29) is 35.7 Å². The van der Waals surface area contributed by atoms with Gasteiger partial charge in [0.1, 0.15) is 23.4 Å². The molecule has 3 fully saturated rings. The van der Waals surface area contributed by atoms with Crippen LogP contribution in [0.5, 0.6) is 0 Å². The molecule has 3 aromatic carbocycles. The predicted octanol–water partition coefficient (Wildman–Crippen LogP) is 7.81. The second-order valence-corrected chi connectivity index (χ2v) is 21.3. The molecule has 74 heavy (non-hydrogen) atoms. The van der Waals surface area contributed by atoms with Crippen molar-refractivity contribution in [2.24, 2.45) is 5.41 Å². The Morgan fingerprint density at radius 1 is 0.905 bits per heavy atom. The average Bonchev–Trinajstić information content (AvgIpc) is 4.04. The number of nitrogens with zero attached hydrogens (tertiary/aromatic N) is 8. The van der Waals surface area contributed by atoms with Crippen molar-refractivity contribution in [3.63, 3.8) is 0 Å². The van der Waals surface area contributed by atoms with Crippen molar-refractivity contribution in [3.8, 4) is 28.4 Å². The van der Waals surface area contributed by atoms with Crippen molar-refractivity contribution in [3.05, 3.63) is 124 Å². The largest absolute Gasteiger partial charge is 0.417 e. The zero-order valence-corrected chi connectivity index (χ0v) is 43.5. The molecule has 0 spiro atoms. The van der Waals surface area contributed by atoms with Gasteiger partial charge in [-0.25, -0.2) is 14.8 Å². The Morgan fingerprint density at radius 3 is 2.15 bits per heavy atom. The highest BCUT2D eigenvalue weighted by Gasteiger charge is 2.51. The number of urea groups is 1. The number of aliphatic hydroxyl groups is 1. The lowest BCUT2D eigenvalue weighted by Crippen LogP contribution is -2.61. The third-order valence-corrected chi connectivity index (χ3v) is 14.8. The zero-order chi connectivity index (χ0) is 53.4. The molecule has 5 aromatic rings. The molecule has 15 nitrogen and oxygen atoms in total. The van der Waals surface area contributed by atoms with E-state index in [9.17, 15) is 42.7 Å². The van der Waals surface area contributed by atoms with E-state index in [1.54, 1.807) is 77.0 Å². The molecule has 5 amide bonds. The minimum Gasteiger partial charge on any atom is -0.391 e. The number of piperazine rings is 1. The van der Waals surface area contributed by atoms with Crippen LogP contribution in [0, 0.1) is 35.5 Å². The van der Waals surface area contributed by atoms with Crippen LogP contribution in [-0.2, 0) is 20.6 Å². The molecule has 0 aliphatic carbocycles. The van der Waals surface area contributed by atoms with Crippen LogP contribution in [0.4, 0.5) is 35.2 Å². The predicted molar refractivity (Wildman–Crippen MR) is 280 cm³/mol. The molecular formula is C54H55F3N10O5S2. The first-order valence-corrected chi connectivity index (χ1v) is 25.2. The number of alkyl halides is 3. The van der Waals surface area contributed by atoms with Crippen LogP contribution in [-0.4, -0.2) is 110 Å². The van der Waals surface area contributed by atoms with Gasteiger partial charge in [0.2, 0.25) is 11.8 Å². The van der Waals surface area contributed by atoms with E-state index < -0.39 is 64.3 Å². The fourth-order valence-electron chi connectivity index (χ4n) is 9.31. The summed E-state index contributed by atoms with van der Waals surface area (Å²) in [5.74, 6) is 5.55. The monoisotopic (exact) mass is 1040 g/mol. The average molecular weight is 1050 g/mol. The normalized spacial score (nSPS) is 18.6. The highest BCUT2D eigenvalue weighted by atomic mass is 32.1. The number of amides is 5. The fourth-order valence-corrected chi connectivity index (χ4v) is 10.6. The summed E-state index contributed by atoms with van der Waals surface area (Å²) in [5.41, 5.74) is 2.69. The van der Waals surface area contributed by atoms with E-state index in [0.29, 0.717) is 48.8 Å². The maximum atomic E-state index is 14.3. The lowest BCUT2D eigenvalue weighted by molar-refractivity contribution is -0.142. The Bertz CT molecular complexity index is 3080. The van der Waals surface area contributed by atoms with Gasteiger partial charge in [-0.2, -0.15) is 18.4 Å². The molecule has 3 aliphatic heterocycles. The van der Waals surface area contributed by atoms with E-state index in [0.717, 1.165) is 38.7 Å². The van der Waals surface area contributed by atoms with E-state index in [1.165, 1.54) is 11.0 Å². The van der Waals surface area contributed by atoms with Gasteiger partial charge in [-0.3, -0.25) is 19.3 Å². The molecule has 3 N–H and O–H groups in total. The van der Waals surface area contributed by atoms with Crippen molar-refractivity contribution >= 4 is 69.6 Å². The van der Waals surface area contributed by atoms with Crippen LogP contribution in [0.1, 0.15) is 87.5 Å². The van der Waals surface area contributed by atoms with Crippen molar-refractivity contribution in [2.45, 2.75) is 90.8 Å². The SMILES string of the molecule is Cc1ncsc1-c1ccc([C@H](C)NC(=O)[C@@H]2C[C@@H](O)CN2C(=O)[C@@H](NC(=O)N2CCN(c3ccc(C#Cc4ccc(N5C(=S)N(c6ccc(C#N)c(C(F)(F)F)c6)C(=O)C5(C)C)cc4)cn3)CC2)C(C)(C)C)cc1. The lowest BCUT2D eigenvalue weighted by atomic mass is 9.85. The summed E-state index contributed by atoms with van der Waals surface area (Å²) in [6.07, 6.45) is -3.99. The van der Waals surface area contributed by atoms with Crippen LogP contribution < -0.4 is 25.3 Å². The molecule has 2 aromatic heterocycles. The standard InChI is InChI=1S/C54H55F3N10O5S2/c1-32(36-13-15-37(16-14-36)45-33(2)60-31-74-45)61-47(69)43-27-41(68)30-65(43)48(70)46(52(3,4)5)62-50(72)64-24-22-63(23-25-64)44-21-12-35(29-59-44)9-8-34-10-18-39(19-11-34)67-51(73)66(49(71)53(67,6)7)40-20-17-38(28-58)42(26-40)54(55,56)57/h10-21,26,29,31-32,41,43,46,68H,22-25,27,30H2,1-7H3,(H,61,69)(H,62,72)/t32-,41+,43-,46+/m0/s1. The number of nitrogens with one attached hydrogen (secondary N) is 2. The van der Waals surface area contributed by atoms with Crippen LogP contribution in [0.25, 0.3) is 10.4 Å². The third-order valence-electron chi connectivity index (χ3n) is 13.5. The third kappa shape index (κ3) is 10.9. The minimum atomic E-state index is -4.81. The van der Waals surface area contributed by atoms with Gasteiger partial charge in [0.15, 0.2) is 5.11 Å². The number of rotatable bonds is 9. The molecule has 3 aliphatic rings. The number of anilines is 3. The van der Waals surface area contributed by atoms with Gasteiger partial charge in [-0.15, -0.1) is 11.3 Å². The van der Waals surface area contributed by atoms with E-state index in [1.807, 2.05) is 75.9 Å². The number of likely N-dealkylation sites (tertiary alicyclic amines) is 1. The summed E-state index contributed by atoms with van der Waals surface area (Å²) in [6, 6.07) is 20.4. The summed E-state index contributed by atoms with van der Waals surface area (Å²) in [4.78, 5) is 73.3. The lowest BCUT2D eigenvalue weighted by Gasteiger charge is -2.39.